The van der Waals surface area contributed by atoms with Gasteiger partial charge in [-0.1, -0.05) is 36.9 Å². The van der Waals surface area contributed by atoms with Crippen molar-refractivity contribution in [1.29, 1.82) is 0 Å². The number of ether oxygens (including phenoxy) is 1. The second-order valence-corrected chi connectivity index (χ2v) is 2.36. The third-order valence-electron chi connectivity index (χ3n) is 1.46. The molecule has 0 spiro atoms. The average Bonchev–Trinajstić information content (AvgIpc) is 2.15. The lowest BCUT2D eigenvalue weighted by Crippen LogP contribution is -1.97. The predicted octanol–water partition coefficient (Wildman–Crippen LogP) is 1.67. The molecule has 0 bridgehead atoms. The maximum absolute atomic E-state index is 8.50. The number of benzene rings is 1. The molecular weight excluding hydrogens is 152 g/mol. The van der Waals surface area contributed by atoms with Crippen molar-refractivity contribution >= 4 is 5.76 Å². The molecule has 0 atom stereocenters. The fraction of sp³-hybridized carbons (Fsp3) is 0.200. The van der Waals surface area contributed by atoms with Gasteiger partial charge in [0.05, 0.1) is 6.61 Å². The molecule has 0 radical (unpaired) electrons. The number of aliphatic hydroxyl groups excluding tert-OH is 1. The summed E-state index contributed by atoms with van der Waals surface area (Å²) in [6, 6.07) is 9.61. The van der Waals surface area contributed by atoms with Crippen molar-refractivity contribution in [3.63, 3.8) is 0 Å². The van der Waals surface area contributed by atoms with E-state index in [0.29, 0.717) is 12.4 Å². The molecule has 64 valence electrons. The second-order valence-electron chi connectivity index (χ2n) is 2.36. The summed E-state index contributed by atoms with van der Waals surface area (Å²) in [5.74, 6) is 0.602. The zero-order valence-corrected chi connectivity index (χ0v) is 6.86. The van der Waals surface area contributed by atoms with Crippen molar-refractivity contribution in [2.24, 2.45) is 0 Å². The lowest BCUT2D eigenvalue weighted by Gasteiger charge is -2.06. The second kappa shape index (κ2) is 4.57. The van der Waals surface area contributed by atoms with E-state index in [0.717, 1.165) is 5.56 Å². The van der Waals surface area contributed by atoms with Gasteiger partial charge < -0.3 is 9.84 Å². The summed E-state index contributed by atoms with van der Waals surface area (Å²) < 4.78 is 5.13. The van der Waals surface area contributed by atoms with Crippen LogP contribution in [0.4, 0.5) is 0 Å². The van der Waals surface area contributed by atoms with Crippen LogP contribution in [0.1, 0.15) is 5.56 Å². The highest BCUT2D eigenvalue weighted by atomic mass is 16.5. The Morgan fingerprint density at radius 1 is 1.33 bits per heavy atom. The minimum Gasteiger partial charge on any atom is -0.491 e. The normalized spacial score (nSPS) is 9.42. The minimum atomic E-state index is 0.0197. The van der Waals surface area contributed by atoms with Gasteiger partial charge in [-0.2, -0.15) is 0 Å². The molecule has 0 aliphatic heterocycles. The first-order valence-electron chi connectivity index (χ1n) is 3.82. The summed E-state index contributed by atoms with van der Waals surface area (Å²) in [5, 5.41) is 8.50. The third kappa shape index (κ3) is 2.40. The molecular formula is C10H12O2. The van der Waals surface area contributed by atoms with Gasteiger partial charge >= 0.3 is 0 Å². The number of aliphatic hydroxyl groups is 1. The van der Waals surface area contributed by atoms with Crippen LogP contribution >= 0.6 is 0 Å². The van der Waals surface area contributed by atoms with Crippen LogP contribution in [-0.2, 0) is 4.74 Å². The maximum atomic E-state index is 8.50. The number of rotatable bonds is 4. The molecule has 0 saturated heterocycles. The first-order chi connectivity index (χ1) is 5.84. The molecule has 2 nitrogen and oxygen atoms in total. The average molecular weight is 164 g/mol. The first kappa shape index (κ1) is 8.81. The van der Waals surface area contributed by atoms with Gasteiger partial charge in [-0.3, -0.25) is 0 Å². The molecule has 12 heavy (non-hydrogen) atoms. The van der Waals surface area contributed by atoms with Crippen LogP contribution in [-0.4, -0.2) is 18.3 Å². The zero-order valence-electron chi connectivity index (χ0n) is 6.86. The summed E-state index contributed by atoms with van der Waals surface area (Å²) in [4.78, 5) is 0. The molecule has 1 rings (SSSR count). The molecule has 0 amide bonds. The van der Waals surface area contributed by atoms with E-state index < -0.39 is 0 Å². The quantitative estimate of drug-likeness (QED) is 0.686. The number of hydrogen-bond donors (Lipinski definition) is 1. The highest BCUT2D eigenvalue weighted by Crippen LogP contribution is 2.11. The van der Waals surface area contributed by atoms with Crippen LogP contribution in [0.2, 0.25) is 0 Å². The van der Waals surface area contributed by atoms with Gasteiger partial charge in [0.25, 0.3) is 0 Å². The van der Waals surface area contributed by atoms with Crippen molar-refractivity contribution in [3.8, 4) is 0 Å². The van der Waals surface area contributed by atoms with Crippen molar-refractivity contribution in [1.82, 2.24) is 0 Å². The van der Waals surface area contributed by atoms with E-state index >= 15 is 0 Å². The molecule has 0 unspecified atom stereocenters. The van der Waals surface area contributed by atoms with Crippen molar-refractivity contribution in [3.05, 3.63) is 42.5 Å². The molecule has 2 heteroatoms. The van der Waals surface area contributed by atoms with Crippen molar-refractivity contribution in [2.45, 2.75) is 0 Å². The Bertz CT molecular complexity index is 241. The molecule has 0 aromatic heterocycles. The fourth-order valence-corrected chi connectivity index (χ4v) is 0.876. The van der Waals surface area contributed by atoms with E-state index in [1.54, 1.807) is 0 Å². The van der Waals surface area contributed by atoms with E-state index in [2.05, 4.69) is 6.58 Å². The van der Waals surface area contributed by atoms with E-state index in [1.165, 1.54) is 0 Å². The molecule has 0 aliphatic carbocycles. The first-order valence-corrected chi connectivity index (χ1v) is 3.82. The van der Waals surface area contributed by atoms with Gasteiger partial charge in [0.1, 0.15) is 12.4 Å². The van der Waals surface area contributed by atoms with E-state index in [-0.39, 0.29) is 6.61 Å². The lowest BCUT2D eigenvalue weighted by molar-refractivity contribution is 0.181. The summed E-state index contributed by atoms with van der Waals surface area (Å²) in [6.45, 7) is 4.05. The van der Waals surface area contributed by atoms with Gasteiger partial charge in [0.15, 0.2) is 0 Å². The summed E-state index contributed by atoms with van der Waals surface area (Å²) >= 11 is 0. The largest absolute Gasteiger partial charge is 0.491 e. The Balaban J connectivity index is 2.54. The lowest BCUT2D eigenvalue weighted by atomic mass is 10.2. The van der Waals surface area contributed by atoms with Crippen LogP contribution in [0.5, 0.6) is 0 Å². The van der Waals surface area contributed by atoms with Gasteiger partial charge in [0.2, 0.25) is 0 Å². The molecule has 0 aliphatic rings. The topological polar surface area (TPSA) is 29.5 Å². The summed E-state index contributed by atoms with van der Waals surface area (Å²) in [7, 11) is 0. The van der Waals surface area contributed by atoms with Gasteiger partial charge in [-0.15, -0.1) is 0 Å². The van der Waals surface area contributed by atoms with Crippen LogP contribution in [0.15, 0.2) is 36.9 Å². The number of hydrogen-bond acceptors (Lipinski definition) is 2. The smallest absolute Gasteiger partial charge is 0.119 e. The van der Waals surface area contributed by atoms with Gasteiger partial charge in [-0.25, -0.2) is 0 Å². The van der Waals surface area contributed by atoms with Crippen LogP contribution in [0.25, 0.3) is 5.76 Å². The third-order valence-corrected chi connectivity index (χ3v) is 1.46. The highest BCUT2D eigenvalue weighted by Gasteiger charge is 1.96. The molecule has 1 N–H and O–H groups in total. The predicted molar refractivity (Wildman–Crippen MR) is 48.5 cm³/mol. The Morgan fingerprint density at radius 2 is 2.00 bits per heavy atom. The summed E-state index contributed by atoms with van der Waals surface area (Å²) in [5.41, 5.74) is 0.950. The van der Waals surface area contributed by atoms with Crippen molar-refractivity contribution in [2.75, 3.05) is 13.2 Å². The standard InChI is InChI=1S/C10H12O2/c1-9(12-8-7-11)10-5-3-2-4-6-10/h2-6,11H,1,7-8H2. The van der Waals surface area contributed by atoms with E-state index in [4.69, 9.17) is 9.84 Å². The molecule has 0 heterocycles. The van der Waals surface area contributed by atoms with E-state index in [9.17, 15) is 0 Å². The van der Waals surface area contributed by atoms with Gasteiger partial charge in [-0.05, 0) is 0 Å². The van der Waals surface area contributed by atoms with Crippen molar-refractivity contribution < 1.29 is 9.84 Å². The monoisotopic (exact) mass is 164 g/mol. The minimum absolute atomic E-state index is 0.0197. The summed E-state index contributed by atoms with van der Waals surface area (Å²) in [6.07, 6.45) is 0. The van der Waals surface area contributed by atoms with Crippen LogP contribution < -0.4 is 0 Å². The Labute approximate surface area is 72.1 Å². The zero-order chi connectivity index (χ0) is 8.81. The Hall–Kier alpha value is -1.28. The molecule has 1 aromatic carbocycles. The van der Waals surface area contributed by atoms with Crippen LogP contribution in [0, 0.1) is 0 Å². The van der Waals surface area contributed by atoms with Crippen LogP contribution in [0.3, 0.4) is 0 Å². The molecule has 1 aromatic rings. The highest BCUT2D eigenvalue weighted by molar-refractivity contribution is 5.56. The molecule has 0 saturated carbocycles. The fourth-order valence-electron chi connectivity index (χ4n) is 0.876. The SMILES string of the molecule is C=C(OCCO)c1ccccc1. The maximum Gasteiger partial charge on any atom is 0.119 e. The van der Waals surface area contributed by atoms with Gasteiger partial charge in [0, 0.05) is 5.56 Å². The van der Waals surface area contributed by atoms with E-state index in [1.807, 2.05) is 30.3 Å². The Morgan fingerprint density at radius 3 is 2.58 bits per heavy atom. The molecule has 0 fully saturated rings. The Kier molecular flexibility index (Phi) is 3.35.